The van der Waals surface area contributed by atoms with Crippen molar-refractivity contribution in [2.24, 2.45) is 0 Å². The van der Waals surface area contributed by atoms with Crippen LogP contribution in [0, 0.1) is 0 Å². The van der Waals surface area contributed by atoms with Crippen molar-refractivity contribution in [2.45, 2.75) is 44.2 Å². The number of nitrogens with zero attached hydrogens (tertiary/aromatic N) is 2. The van der Waals surface area contributed by atoms with E-state index >= 15 is 0 Å². The van der Waals surface area contributed by atoms with Crippen LogP contribution in [0.25, 0.3) is 0 Å². The third-order valence-corrected chi connectivity index (χ3v) is 5.71. The van der Waals surface area contributed by atoms with Crippen molar-refractivity contribution < 1.29 is 14.3 Å². The zero-order valence-corrected chi connectivity index (χ0v) is 17.0. The van der Waals surface area contributed by atoms with Gasteiger partial charge in [0.2, 0.25) is 5.91 Å². The highest BCUT2D eigenvalue weighted by atomic mass is 16.5. The Hall–Kier alpha value is -3.15. The fourth-order valence-electron chi connectivity index (χ4n) is 4.22. The number of pyridine rings is 1. The number of hydrogen-bond acceptors (Lipinski definition) is 4. The van der Waals surface area contributed by atoms with Gasteiger partial charge in [0.1, 0.15) is 5.75 Å². The topological polar surface area (TPSA) is 71.5 Å². The molecule has 6 heteroatoms. The summed E-state index contributed by atoms with van der Waals surface area (Å²) in [6, 6.07) is 10.9. The number of nitrogens with one attached hydrogen (secondary N) is 1. The van der Waals surface area contributed by atoms with Gasteiger partial charge in [0, 0.05) is 25.0 Å². The first-order chi connectivity index (χ1) is 14.7. The van der Waals surface area contributed by atoms with Gasteiger partial charge in [0.05, 0.1) is 24.6 Å². The molecular formula is C24H27N3O3. The molecule has 0 bridgehead atoms. The highest BCUT2D eigenvalue weighted by Gasteiger charge is 2.35. The summed E-state index contributed by atoms with van der Waals surface area (Å²) in [5.74, 6) is 0.531. The van der Waals surface area contributed by atoms with Crippen LogP contribution in [0.2, 0.25) is 0 Å². The van der Waals surface area contributed by atoms with Crippen molar-refractivity contribution in [3.8, 4) is 5.75 Å². The lowest BCUT2D eigenvalue weighted by atomic mass is 9.92. The van der Waals surface area contributed by atoms with Crippen molar-refractivity contribution in [1.82, 2.24) is 15.2 Å². The van der Waals surface area contributed by atoms with Crippen LogP contribution in [-0.4, -0.2) is 46.9 Å². The lowest BCUT2D eigenvalue weighted by Gasteiger charge is -2.41. The van der Waals surface area contributed by atoms with Crippen LogP contribution in [0.3, 0.4) is 0 Å². The summed E-state index contributed by atoms with van der Waals surface area (Å²) in [7, 11) is 0. The number of carbonyl (C=O) groups is 2. The normalized spacial score (nSPS) is 21.9. The summed E-state index contributed by atoms with van der Waals surface area (Å²) in [5, 5.41) is 3.18. The predicted molar refractivity (Wildman–Crippen MR) is 114 cm³/mol. The molecule has 1 fully saturated rings. The number of fused-ring (bicyclic) bond motifs is 2. The first-order valence-electron chi connectivity index (χ1n) is 10.6. The minimum atomic E-state index is -0.147. The van der Waals surface area contributed by atoms with Crippen molar-refractivity contribution in [3.63, 3.8) is 0 Å². The Balaban J connectivity index is 1.57. The van der Waals surface area contributed by atoms with Crippen LogP contribution in [0.15, 0.2) is 60.9 Å². The molecule has 0 spiro atoms. The average Bonchev–Trinajstić information content (AvgIpc) is 2.77. The van der Waals surface area contributed by atoms with Gasteiger partial charge in [-0.2, -0.15) is 0 Å². The minimum Gasteiger partial charge on any atom is -0.492 e. The molecule has 1 aromatic carbocycles. The quantitative estimate of drug-likeness (QED) is 0.780. The third-order valence-electron chi connectivity index (χ3n) is 5.71. The van der Waals surface area contributed by atoms with Gasteiger partial charge in [-0.15, -0.1) is 0 Å². The largest absolute Gasteiger partial charge is 0.492 e. The third kappa shape index (κ3) is 4.70. The minimum absolute atomic E-state index is 0.0596. The maximum absolute atomic E-state index is 13.1. The summed E-state index contributed by atoms with van der Waals surface area (Å²) in [6.07, 6.45) is 11.2. The monoisotopic (exact) mass is 405 g/mol. The molecule has 30 heavy (non-hydrogen) atoms. The number of para-hydroxylation sites is 1. The van der Waals surface area contributed by atoms with E-state index in [-0.39, 0.29) is 23.9 Å². The van der Waals surface area contributed by atoms with Gasteiger partial charge >= 0.3 is 0 Å². The molecule has 156 valence electrons. The van der Waals surface area contributed by atoms with Crippen molar-refractivity contribution in [2.75, 3.05) is 13.2 Å². The Kier molecular flexibility index (Phi) is 6.42. The predicted octanol–water partition coefficient (Wildman–Crippen LogP) is 3.14. The molecule has 0 unspecified atom stereocenters. The second kappa shape index (κ2) is 9.57. The average molecular weight is 405 g/mol. The molecule has 1 aromatic heterocycles. The van der Waals surface area contributed by atoms with Crippen molar-refractivity contribution in [1.29, 1.82) is 0 Å². The highest BCUT2D eigenvalue weighted by Crippen LogP contribution is 2.25. The Bertz CT molecular complexity index is 913. The Labute approximate surface area is 176 Å². The highest BCUT2D eigenvalue weighted by molar-refractivity contribution is 5.97. The molecule has 0 radical (unpaired) electrons. The number of ether oxygens (including phenoxy) is 1. The number of piperidine rings is 1. The zero-order valence-electron chi connectivity index (χ0n) is 17.0. The lowest BCUT2D eigenvalue weighted by Crippen LogP contribution is -2.57. The maximum Gasteiger partial charge on any atom is 0.255 e. The summed E-state index contributed by atoms with van der Waals surface area (Å²) in [5.41, 5.74) is 1.45. The number of hydrogen-bond donors (Lipinski definition) is 1. The molecule has 2 aliphatic heterocycles. The number of amides is 2. The molecule has 2 aromatic rings. The van der Waals surface area contributed by atoms with E-state index in [9.17, 15) is 9.59 Å². The second-order valence-corrected chi connectivity index (χ2v) is 7.76. The van der Waals surface area contributed by atoms with Gasteiger partial charge in [-0.25, -0.2) is 0 Å². The standard InChI is InChI=1S/C24H27N3O3/c28-23(16-18-8-6-13-25-17-18)27-14-7-10-20-21(27)11-2-1-5-15-30-22-12-4-3-9-19(22)24(29)26-20/h1-4,6,8-9,12-13,17,20-21H,5,7,10-11,14-16H2,(H,26,29)/t20-,21-/m0/s1. The Morgan fingerprint density at radius 3 is 2.97 bits per heavy atom. The van der Waals surface area contributed by atoms with E-state index in [0.29, 0.717) is 37.3 Å². The van der Waals surface area contributed by atoms with Gasteiger partial charge in [0.25, 0.3) is 5.91 Å². The van der Waals surface area contributed by atoms with Crippen molar-refractivity contribution >= 4 is 11.8 Å². The molecular weight excluding hydrogens is 378 g/mol. The van der Waals surface area contributed by atoms with Crippen LogP contribution in [0.4, 0.5) is 0 Å². The van der Waals surface area contributed by atoms with Gasteiger partial charge in [0.15, 0.2) is 0 Å². The van der Waals surface area contributed by atoms with E-state index in [1.54, 1.807) is 18.5 Å². The molecule has 2 atom stereocenters. The SMILES string of the molecule is O=C1N[C@H]2CCCN(C(=O)Cc3cccnc3)[C@H]2CC=CCCOc2ccccc21. The number of rotatable bonds is 2. The fraction of sp³-hybridized carbons (Fsp3) is 0.375. The van der Waals surface area contributed by atoms with Gasteiger partial charge in [-0.1, -0.05) is 30.4 Å². The molecule has 1 N–H and O–H groups in total. The smallest absolute Gasteiger partial charge is 0.255 e. The van der Waals surface area contributed by atoms with Gasteiger partial charge < -0.3 is 15.0 Å². The van der Waals surface area contributed by atoms with E-state index in [4.69, 9.17) is 4.74 Å². The van der Waals surface area contributed by atoms with E-state index in [0.717, 1.165) is 24.8 Å². The van der Waals surface area contributed by atoms with Crippen LogP contribution in [0.1, 0.15) is 41.6 Å². The first kappa shape index (κ1) is 20.1. The summed E-state index contributed by atoms with van der Waals surface area (Å²) in [6.45, 7) is 1.22. The zero-order chi connectivity index (χ0) is 20.8. The summed E-state index contributed by atoms with van der Waals surface area (Å²) >= 11 is 0. The maximum atomic E-state index is 13.1. The molecule has 6 nitrogen and oxygen atoms in total. The van der Waals surface area contributed by atoms with Crippen molar-refractivity contribution in [3.05, 3.63) is 72.1 Å². The van der Waals surface area contributed by atoms with Crippen LogP contribution >= 0.6 is 0 Å². The number of carbonyl (C=O) groups excluding carboxylic acids is 2. The molecule has 2 amide bonds. The second-order valence-electron chi connectivity index (χ2n) is 7.76. The number of benzene rings is 1. The fourth-order valence-corrected chi connectivity index (χ4v) is 4.22. The van der Waals surface area contributed by atoms with Gasteiger partial charge in [-0.05, 0) is 49.4 Å². The van der Waals surface area contributed by atoms with Gasteiger partial charge in [-0.3, -0.25) is 14.6 Å². The van der Waals surface area contributed by atoms with E-state index in [2.05, 4.69) is 22.5 Å². The molecule has 0 aliphatic carbocycles. The molecule has 1 saturated heterocycles. The molecule has 0 saturated carbocycles. The Morgan fingerprint density at radius 2 is 2.10 bits per heavy atom. The first-order valence-corrected chi connectivity index (χ1v) is 10.6. The summed E-state index contributed by atoms with van der Waals surface area (Å²) in [4.78, 5) is 32.2. The lowest BCUT2D eigenvalue weighted by molar-refractivity contribution is -0.134. The van der Waals surface area contributed by atoms with E-state index in [1.165, 1.54) is 0 Å². The van der Waals surface area contributed by atoms with Crippen LogP contribution in [0.5, 0.6) is 5.75 Å². The Morgan fingerprint density at radius 1 is 1.20 bits per heavy atom. The molecule has 2 aliphatic rings. The summed E-state index contributed by atoms with van der Waals surface area (Å²) < 4.78 is 5.81. The van der Waals surface area contributed by atoms with E-state index in [1.807, 2.05) is 35.2 Å². The molecule has 3 heterocycles. The number of likely N-dealkylation sites (tertiary alicyclic amines) is 1. The van der Waals surface area contributed by atoms with Crippen LogP contribution in [-0.2, 0) is 11.2 Å². The van der Waals surface area contributed by atoms with E-state index < -0.39 is 0 Å². The number of aromatic nitrogens is 1. The van der Waals surface area contributed by atoms with Crippen LogP contribution < -0.4 is 10.1 Å². The molecule has 4 rings (SSSR count).